The molecule has 0 aliphatic carbocycles. The van der Waals surface area contributed by atoms with Crippen LogP contribution >= 0.6 is 0 Å². The van der Waals surface area contributed by atoms with Gasteiger partial charge in [-0.05, 0) is 0 Å². The van der Waals surface area contributed by atoms with Gasteiger partial charge in [-0.2, -0.15) is 0 Å². The van der Waals surface area contributed by atoms with Crippen molar-refractivity contribution < 1.29 is 0 Å². The van der Waals surface area contributed by atoms with Crippen LogP contribution in [0, 0.1) is 0 Å². The zero-order chi connectivity index (χ0) is 17.0. The molecule has 0 aliphatic heterocycles. The van der Waals surface area contributed by atoms with Crippen molar-refractivity contribution in [3.8, 4) is 0 Å². The van der Waals surface area contributed by atoms with Crippen LogP contribution in [0.25, 0.3) is 0 Å². The minimum atomic E-state index is -1.58. The molecule has 0 spiro atoms. The zero-order valence-corrected chi connectivity index (χ0v) is 19.0. The maximum absolute atomic E-state index is 2.45. The molecule has 2 rings (SSSR count). The highest BCUT2D eigenvalue weighted by molar-refractivity contribution is 7.02. The summed E-state index contributed by atoms with van der Waals surface area (Å²) in [5.74, 6) is 0. The Labute approximate surface area is 147 Å². The monoisotopic (exact) mass is 356 g/mol. The van der Waals surface area contributed by atoms with E-state index in [1.165, 1.54) is 12.1 Å². The van der Waals surface area contributed by atoms with Crippen molar-refractivity contribution in [2.24, 2.45) is 0 Å². The molecule has 0 N–H and O–H groups in total. The van der Waals surface area contributed by atoms with Gasteiger partial charge in [0, 0.05) is 0 Å². The third-order valence-electron chi connectivity index (χ3n) is 5.47. The van der Waals surface area contributed by atoms with Crippen molar-refractivity contribution in [2.45, 2.75) is 52.1 Å². The lowest BCUT2D eigenvalue weighted by molar-refractivity contribution is 1.29. The van der Waals surface area contributed by atoms with Crippen molar-refractivity contribution in [2.75, 3.05) is 0 Å². The molecule has 2 aromatic carbocycles. The van der Waals surface area contributed by atoms with E-state index in [0.29, 0.717) is 0 Å². The molecule has 0 aromatic heterocycles. The van der Waals surface area contributed by atoms with Crippen LogP contribution in [0.2, 0.25) is 38.3 Å². The summed E-state index contributed by atoms with van der Waals surface area (Å²) in [7, 11) is -2.97. The molecule has 2 aromatic rings. The topological polar surface area (TPSA) is 0 Å². The maximum Gasteiger partial charge on any atom is 0.117 e. The minimum absolute atomic E-state index is 0.693. The van der Waals surface area contributed by atoms with Crippen molar-refractivity contribution in [3.05, 3.63) is 48.5 Å². The number of hydrogen-bond donors (Lipinski definition) is 0. The molecule has 0 amide bonds. The van der Waals surface area contributed by atoms with Crippen LogP contribution < -0.4 is 20.7 Å². The predicted octanol–water partition coefficient (Wildman–Crippen LogP) is 2.68. The Morgan fingerprint density at radius 1 is 0.609 bits per heavy atom. The second-order valence-corrected chi connectivity index (χ2v) is 18.0. The van der Waals surface area contributed by atoms with Gasteiger partial charge in [0.25, 0.3) is 0 Å². The van der Waals surface area contributed by atoms with Gasteiger partial charge in [-0.1, -0.05) is 121 Å². The van der Waals surface area contributed by atoms with Crippen LogP contribution in [0.4, 0.5) is 0 Å². The zero-order valence-electron chi connectivity index (χ0n) is 15.7. The highest BCUT2D eigenvalue weighted by Crippen LogP contribution is 2.15. The summed E-state index contributed by atoms with van der Waals surface area (Å²) in [6.45, 7) is 14.4. The van der Waals surface area contributed by atoms with E-state index in [1.807, 2.05) is 0 Å². The van der Waals surface area contributed by atoms with Crippen LogP contribution in [0.15, 0.2) is 48.5 Å². The smallest absolute Gasteiger partial charge is 0.0682 e. The van der Waals surface area contributed by atoms with Gasteiger partial charge in [0.2, 0.25) is 0 Å². The van der Waals surface area contributed by atoms with E-state index in [2.05, 4.69) is 88.6 Å². The lowest BCUT2D eigenvalue weighted by Crippen LogP contribution is -2.57. The highest BCUT2D eigenvalue weighted by atomic mass is 28.3. The third kappa shape index (κ3) is 3.78. The molecule has 0 nitrogen and oxygen atoms in total. The first-order valence-electron chi connectivity index (χ1n) is 9.15. The molecular formula is C20H32Si3. The average molecular weight is 357 g/mol. The fourth-order valence-electron chi connectivity index (χ4n) is 3.61. The van der Waals surface area contributed by atoms with Crippen LogP contribution in [-0.2, 0) is 0 Å². The molecule has 0 saturated heterocycles. The van der Waals surface area contributed by atoms with E-state index in [0.717, 1.165) is 0 Å². The summed E-state index contributed by atoms with van der Waals surface area (Å²) in [5, 5.41) is 6.42. The number of benzene rings is 2. The van der Waals surface area contributed by atoms with Gasteiger partial charge < -0.3 is 0 Å². The summed E-state index contributed by atoms with van der Waals surface area (Å²) in [4.78, 5) is 0. The van der Waals surface area contributed by atoms with Crippen molar-refractivity contribution in [1.82, 2.24) is 0 Å². The quantitative estimate of drug-likeness (QED) is 0.698. The van der Waals surface area contributed by atoms with Gasteiger partial charge in [0.05, 0.1) is 17.6 Å². The second kappa shape index (κ2) is 7.77. The van der Waals surface area contributed by atoms with Crippen molar-refractivity contribution in [1.29, 1.82) is 0 Å². The molecule has 0 atom stereocenters. The van der Waals surface area contributed by atoms with E-state index in [1.54, 1.807) is 20.7 Å². The Morgan fingerprint density at radius 3 is 1.13 bits per heavy atom. The summed E-state index contributed by atoms with van der Waals surface area (Å²) in [5.41, 5.74) is 0. The molecule has 0 saturated carbocycles. The normalized spacial score (nSPS) is 12.2. The second-order valence-electron chi connectivity index (χ2n) is 7.34. The van der Waals surface area contributed by atoms with E-state index in [4.69, 9.17) is 0 Å². The summed E-state index contributed by atoms with van der Waals surface area (Å²) in [6, 6.07) is 22.0. The predicted molar refractivity (Wildman–Crippen MR) is 116 cm³/mol. The average Bonchev–Trinajstić information content (AvgIpc) is 2.57. The maximum atomic E-state index is 2.45. The Kier molecular flexibility index (Phi) is 6.23. The van der Waals surface area contributed by atoms with Gasteiger partial charge in [-0.15, -0.1) is 0 Å². The Hall–Kier alpha value is -0.909. The highest BCUT2D eigenvalue weighted by Gasteiger charge is 2.33. The first-order chi connectivity index (χ1) is 10.9. The first-order valence-corrected chi connectivity index (χ1v) is 17.3. The van der Waals surface area contributed by atoms with Crippen molar-refractivity contribution >= 4 is 46.4 Å². The first kappa shape index (κ1) is 18.4. The summed E-state index contributed by atoms with van der Waals surface area (Å²) < 4.78 is 0. The van der Waals surface area contributed by atoms with Gasteiger partial charge >= 0.3 is 0 Å². The molecule has 3 heteroatoms. The molecule has 0 radical (unpaired) electrons. The fourth-order valence-corrected chi connectivity index (χ4v) is 9.61. The van der Waals surface area contributed by atoms with Crippen molar-refractivity contribution in [3.63, 3.8) is 0 Å². The Morgan fingerprint density at radius 2 is 0.913 bits per heavy atom. The van der Waals surface area contributed by atoms with E-state index >= 15 is 0 Å². The Bertz CT molecular complexity index is 555. The van der Waals surface area contributed by atoms with Crippen LogP contribution in [0.1, 0.15) is 13.8 Å². The van der Waals surface area contributed by atoms with E-state index < -0.39 is 25.7 Å². The minimum Gasteiger partial charge on any atom is -0.0682 e. The molecule has 0 unspecified atom stereocenters. The molecule has 0 heterocycles. The third-order valence-corrected chi connectivity index (χ3v) is 14.2. The van der Waals surface area contributed by atoms with E-state index in [-0.39, 0.29) is 0 Å². The molecule has 0 fully saturated rings. The number of rotatable bonds is 6. The van der Waals surface area contributed by atoms with Gasteiger partial charge in [-0.25, -0.2) is 0 Å². The molecule has 124 valence electrons. The number of hydrogen-bond acceptors (Lipinski definition) is 0. The van der Waals surface area contributed by atoms with Crippen LogP contribution in [0.3, 0.4) is 0 Å². The van der Waals surface area contributed by atoms with Gasteiger partial charge in [0.1, 0.15) is 8.07 Å². The lowest BCUT2D eigenvalue weighted by atomic mass is 10.3. The molecule has 23 heavy (non-hydrogen) atoms. The SMILES string of the molecule is CC[Si](CC)(c1ccc([SiH](C)C)cc1)c1ccc([SiH](C)C)cc1. The fraction of sp³-hybridized carbons (Fsp3) is 0.400. The van der Waals surface area contributed by atoms with Crippen LogP contribution in [-0.4, -0.2) is 25.7 Å². The van der Waals surface area contributed by atoms with Crippen LogP contribution in [0.5, 0.6) is 0 Å². The largest absolute Gasteiger partial charge is 0.117 e. The van der Waals surface area contributed by atoms with Gasteiger partial charge in [0.15, 0.2) is 0 Å². The lowest BCUT2D eigenvalue weighted by Gasteiger charge is -2.31. The summed E-state index contributed by atoms with van der Waals surface area (Å²) >= 11 is 0. The van der Waals surface area contributed by atoms with E-state index in [9.17, 15) is 0 Å². The molecule has 0 bridgehead atoms. The molecule has 0 aliphatic rings. The van der Waals surface area contributed by atoms with Gasteiger partial charge in [-0.3, -0.25) is 0 Å². The Balaban J connectivity index is 2.45. The molecular weight excluding hydrogens is 324 g/mol. The standard InChI is InChI=1S/C20H32Si3/c1-7-23(8-2,19-13-9-17(10-14-19)21(3)4)20-15-11-18(12-16-20)22(5)6/h9-16,21-22H,7-8H2,1-6H3. The summed E-state index contributed by atoms with van der Waals surface area (Å²) in [6.07, 6.45) is 0.